The fraction of sp³-hybridized carbons (Fsp3) is 0.600. The van der Waals surface area contributed by atoms with E-state index in [1.54, 1.807) is 0 Å². The van der Waals surface area contributed by atoms with Crippen LogP contribution in [0.1, 0.15) is 38.8 Å². The molecule has 106 valence electrons. The van der Waals surface area contributed by atoms with Crippen molar-refractivity contribution in [1.82, 2.24) is 5.32 Å². The Hall–Kier alpha value is -0.320. The number of hydrogen-bond acceptors (Lipinski definition) is 3. The number of hydrogen-bond donors (Lipinski definition) is 1. The van der Waals surface area contributed by atoms with Crippen LogP contribution in [0.3, 0.4) is 0 Å². The monoisotopic (exact) mass is 297 g/mol. The molecule has 0 saturated heterocycles. The lowest BCUT2D eigenvalue weighted by Crippen LogP contribution is -2.32. The molecule has 0 aliphatic carbocycles. The van der Waals surface area contributed by atoms with Crippen molar-refractivity contribution in [1.29, 1.82) is 0 Å². The summed E-state index contributed by atoms with van der Waals surface area (Å²) in [6, 6.07) is 9.03. The van der Waals surface area contributed by atoms with E-state index in [-0.39, 0.29) is 4.75 Å². The first-order chi connectivity index (χ1) is 8.98. The molecule has 2 rings (SSSR count). The molecule has 1 aromatic rings. The number of fused-ring (bicyclic) bond motifs is 1. The normalized spacial score (nSPS) is 20.9. The molecule has 1 aromatic carbocycles. The van der Waals surface area contributed by atoms with Crippen LogP contribution in [0.15, 0.2) is 29.2 Å². The Kier molecular flexibility index (Phi) is 5.09. The third-order valence-electron chi connectivity index (χ3n) is 3.32. The molecule has 1 heterocycles. The quantitative estimate of drug-likeness (QED) is 0.924. The van der Waals surface area contributed by atoms with Gasteiger partial charge in [-0.3, -0.25) is 4.21 Å². The lowest BCUT2D eigenvalue weighted by molar-refractivity contribution is 0.526. The van der Waals surface area contributed by atoms with Crippen molar-refractivity contribution in [2.45, 2.75) is 42.9 Å². The minimum Gasteiger partial charge on any atom is -0.309 e. The zero-order valence-corrected chi connectivity index (χ0v) is 13.6. The molecular formula is C15H23NOS2. The van der Waals surface area contributed by atoms with Crippen LogP contribution in [0.5, 0.6) is 0 Å². The highest BCUT2D eigenvalue weighted by Gasteiger charge is 2.22. The average Bonchev–Trinajstić information content (AvgIpc) is 2.38. The number of benzene rings is 1. The van der Waals surface area contributed by atoms with Gasteiger partial charge < -0.3 is 5.32 Å². The Morgan fingerprint density at radius 1 is 1.37 bits per heavy atom. The summed E-state index contributed by atoms with van der Waals surface area (Å²) < 4.78 is 11.9. The summed E-state index contributed by atoms with van der Waals surface area (Å²) in [6.07, 6.45) is 1.16. The number of thioether (sulfide) groups is 1. The SMILES string of the molecule is CC(C)(C)[S@@](=O)CCN[C@H]1CCSc2ccccc21. The van der Waals surface area contributed by atoms with Crippen LogP contribution in [0, 0.1) is 0 Å². The molecular weight excluding hydrogens is 274 g/mol. The van der Waals surface area contributed by atoms with E-state index >= 15 is 0 Å². The largest absolute Gasteiger partial charge is 0.309 e. The second kappa shape index (κ2) is 6.42. The standard InChI is InChI=1S/C15H23NOS2/c1-15(2,3)19(17)11-9-16-13-8-10-18-14-7-5-4-6-12(13)14/h4-7,13,16H,8-11H2,1-3H3/t13-,19-/m0/s1. The topological polar surface area (TPSA) is 29.1 Å². The van der Waals surface area contributed by atoms with Crippen LogP contribution in [0.2, 0.25) is 0 Å². The van der Waals surface area contributed by atoms with Gasteiger partial charge in [-0.1, -0.05) is 18.2 Å². The smallest absolute Gasteiger partial charge is 0.0375 e. The van der Waals surface area contributed by atoms with Gasteiger partial charge in [0.1, 0.15) is 0 Å². The molecule has 2 nitrogen and oxygen atoms in total. The van der Waals surface area contributed by atoms with E-state index in [1.165, 1.54) is 10.5 Å². The van der Waals surface area contributed by atoms with Crippen LogP contribution in [-0.2, 0) is 10.8 Å². The van der Waals surface area contributed by atoms with Crippen LogP contribution >= 0.6 is 11.8 Å². The minimum atomic E-state index is -0.767. The number of nitrogens with one attached hydrogen (secondary N) is 1. The van der Waals surface area contributed by atoms with Gasteiger partial charge >= 0.3 is 0 Å². The first-order valence-electron chi connectivity index (χ1n) is 6.82. The molecule has 1 aliphatic rings. The van der Waals surface area contributed by atoms with E-state index in [0.717, 1.165) is 24.5 Å². The van der Waals surface area contributed by atoms with Crippen LogP contribution in [0.4, 0.5) is 0 Å². The van der Waals surface area contributed by atoms with E-state index in [9.17, 15) is 4.21 Å². The molecule has 1 aliphatic heterocycles. The lowest BCUT2D eigenvalue weighted by Gasteiger charge is -2.26. The molecule has 2 atom stereocenters. The lowest BCUT2D eigenvalue weighted by atomic mass is 10.0. The van der Waals surface area contributed by atoms with Gasteiger partial charge in [0.05, 0.1) is 0 Å². The Morgan fingerprint density at radius 3 is 2.84 bits per heavy atom. The second-order valence-electron chi connectivity index (χ2n) is 5.84. The molecule has 0 unspecified atom stereocenters. The Balaban J connectivity index is 1.90. The van der Waals surface area contributed by atoms with Crippen LogP contribution in [0.25, 0.3) is 0 Å². The van der Waals surface area contributed by atoms with E-state index < -0.39 is 10.8 Å². The van der Waals surface area contributed by atoms with Gasteiger partial charge in [-0.25, -0.2) is 0 Å². The number of rotatable bonds is 4. The van der Waals surface area contributed by atoms with Crippen molar-refractivity contribution in [3.05, 3.63) is 29.8 Å². The molecule has 0 spiro atoms. The highest BCUT2D eigenvalue weighted by Crippen LogP contribution is 2.35. The summed E-state index contributed by atoms with van der Waals surface area (Å²) in [5.74, 6) is 1.90. The first kappa shape index (κ1) is 15.1. The average molecular weight is 297 g/mol. The molecule has 19 heavy (non-hydrogen) atoms. The van der Waals surface area contributed by atoms with Crippen LogP contribution < -0.4 is 5.32 Å². The maximum atomic E-state index is 12.0. The highest BCUT2D eigenvalue weighted by molar-refractivity contribution is 7.99. The van der Waals surface area contributed by atoms with Crippen molar-refractivity contribution in [2.24, 2.45) is 0 Å². The van der Waals surface area contributed by atoms with Gasteiger partial charge in [0.15, 0.2) is 0 Å². The van der Waals surface area contributed by atoms with Gasteiger partial charge in [-0.05, 0) is 44.6 Å². The van der Waals surface area contributed by atoms with Crippen molar-refractivity contribution in [3.63, 3.8) is 0 Å². The summed E-state index contributed by atoms with van der Waals surface area (Å²) in [6.45, 7) is 6.94. The van der Waals surface area contributed by atoms with Gasteiger partial charge in [0.25, 0.3) is 0 Å². The second-order valence-corrected chi connectivity index (χ2v) is 9.30. The molecule has 0 saturated carbocycles. The Morgan fingerprint density at radius 2 is 2.11 bits per heavy atom. The first-order valence-corrected chi connectivity index (χ1v) is 9.12. The maximum absolute atomic E-state index is 12.0. The van der Waals surface area contributed by atoms with Crippen molar-refractivity contribution < 1.29 is 4.21 Å². The van der Waals surface area contributed by atoms with E-state index in [0.29, 0.717) is 6.04 Å². The van der Waals surface area contributed by atoms with Crippen molar-refractivity contribution >= 4 is 22.6 Å². The van der Waals surface area contributed by atoms with Crippen LogP contribution in [-0.4, -0.2) is 27.0 Å². The summed E-state index contributed by atoms with van der Waals surface area (Å²) in [5.41, 5.74) is 1.40. The van der Waals surface area contributed by atoms with Gasteiger partial charge in [0.2, 0.25) is 0 Å². The third kappa shape index (κ3) is 4.07. The zero-order chi connectivity index (χ0) is 13.9. The molecule has 1 N–H and O–H groups in total. The summed E-state index contributed by atoms with van der Waals surface area (Å²) in [4.78, 5) is 1.39. The summed E-state index contributed by atoms with van der Waals surface area (Å²) in [5, 5.41) is 3.57. The molecule has 0 fully saturated rings. The van der Waals surface area contributed by atoms with E-state index in [1.807, 2.05) is 32.5 Å². The Labute approximate surface area is 123 Å². The molecule has 0 radical (unpaired) electrons. The molecule has 0 bridgehead atoms. The van der Waals surface area contributed by atoms with Gasteiger partial charge in [0, 0.05) is 38.8 Å². The van der Waals surface area contributed by atoms with Crippen molar-refractivity contribution in [2.75, 3.05) is 18.1 Å². The highest BCUT2D eigenvalue weighted by atomic mass is 32.2. The van der Waals surface area contributed by atoms with E-state index in [4.69, 9.17) is 0 Å². The minimum absolute atomic E-state index is 0.109. The predicted molar refractivity (Wildman–Crippen MR) is 85.3 cm³/mol. The molecule has 4 heteroatoms. The third-order valence-corrected chi connectivity index (χ3v) is 6.38. The van der Waals surface area contributed by atoms with Gasteiger partial charge in [-0.2, -0.15) is 0 Å². The zero-order valence-electron chi connectivity index (χ0n) is 11.9. The summed E-state index contributed by atoms with van der Waals surface area (Å²) >= 11 is 1.94. The maximum Gasteiger partial charge on any atom is 0.0375 e. The fourth-order valence-corrected chi connectivity index (χ4v) is 4.23. The fourth-order valence-electron chi connectivity index (χ4n) is 2.19. The van der Waals surface area contributed by atoms with Crippen molar-refractivity contribution in [3.8, 4) is 0 Å². The summed E-state index contributed by atoms with van der Waals surface area (Å²) in [7, 11) is -0.767. The van der Waals surface area contributed by atoms with E-state index in [2.05, 4.69) is 29.6 Å². The molecule has 0 amide bonds. The predicted octanol–water partition coefficient (Wildman–Crippen LogP) is 3.36. The van der Waals surface area contributed by atoms with Gasteiger partial charge in [-0.15, -0.1) is 11.8 Å². The molecule has 0 aromatic heterocycles. The Bertz CT molecular complexity index is 454.